The van der Waals surface area contributed by atoms with Crippen LogP contribution in [0.15, 0.2) is 36.7 Å². The van der Waals surface area contributed by atoms with Gasteiger partial charge < -0.3 is 5.32 Å². The fraction of sp³-hybridized carbons (Fsp3) is 0.214. The number of nitrogens with zero attached hydrogens (tertiary/aromatic N) is 2. The van der Waals surface area contributed by atoms with E-state index in [-0.39, 0.29) is 0 Å². The Balaban J connectivity index is 1.70. The summed E-state index contributed by atoms with van der Waals surface area (Å²) in [6.07, 6.45) is 3.89. The zero-order chi connectivity index (χ0) is 13.2. The summed E-state index contributed by atoms with van der Waals surface area (Å²) in [6.45, 7) is 1.59. The first-order valence-corrected chi connectivity index (χ1v) is 7.27. The van der Waals surface area contributed by atoms with Crippen LogP contribution in [0.3, 0.4) is 0 Å². The lowest BCUT2D eigenvalue weighted by molar-refractivity contribution is 0.699. The summed E-state index contributed by atoms with van der Waals surface area (Å²) in [5.41, 5.74) is 1.18. The SMILES string of the molecule is Cn1cc(CNCc2sc3ccccc3c2Cl)cn1. The molecule has 0 radical (unpaired) electrons. The Morgan fingerprint density at radius 2 is 2.16 bits per heavy atom. The molecule has 0 spiro atoms. The van der Waals surface area contributed by atoms with Crippen LogP contribution in [0, 0.1) is 0 Å². The molecule has 0 amide bonds. The third kappa shape index (κ3) is 2.66. The monoisotopic (exact) mass is 291 g/mol. The maximum Gasteiger partial charge on any atom is 0.0636 e. The van der Waals surface area contributed by atoms with Gasteiger partial charge in [0.05, 0.1) is 11.2 Å². The first-order chi connectivity index (χ1) is 9.24. The van der Waals surface area contributed by atoms with Crippen molar-refractivity contribution in [2.45, 2.75) is 13.1 Å². The van der Waals surface area contributed by atoms with Crippen LogP contribution in [0.1, 0.15) is 10.4 Å². The van der Waals surface area contributed by atoms with Crippen molar-refractivity contribution in [3.05, 3.63) is 52.1 Å². The fourth-order valence-corrected chi connectivity index (χ4v) is 3.53. The van der Waals surface area contributed by atoms with Gasteiger partial charge in [-0.3, -0.25) is 4.68 Å². The standard InChI is InChI=1S/C14H14ClN3S/c1-18-9-10(7-17-18)6-16-8-13-14(15)11-4-2-3-5-12(11)19-13/h2-5,7,9,16H,6,8H2,1H3. The summed E-state index contributed by atoms with van der Waals surface area (Å²) in [5, 5.41) is 9.57. The average molecular weight is 292 g/mol. The molecule has 0 aliphatic rings. The number of rotatable bonds is 4. The lowest BCUT2D eigenvalue weighted by Crippen LogP contribution is -2.11. The van der Waals surface area contributed by atoms with Gasteiger partial charge in [0.1, 0.15) is 0 Å². The minimum Gasteiger partial charge on any atom is -0.308 e. The second-order valence-electron chi connectivity index (χ2n) is 4.46. The number of halogens is 1. The normalized spacial score (nSPS) is 11.3. The van der Waals surface area contributed by atoms with Crippen molar-refractivity contribution in [2.24, 2.45) is 7.05 Å². The van der Waals surface area contributed by atoms with Gasteiger partial charge >= 0.3 is 0 Å². The van der Waals surface area contributed by atoms with Crippen LogP contribution in [0.4, 0.5) is 0 Å². The van der Waals surface area contributed by atoms with E-state index in [0.717, 1.165) is 23.5 Å². The predicted molar refractivity (Wildman–Crippen MR) is 80.6 cm³/mol. The number of fused-ring (bicyclic) bond motifs is 1. The summed E-state index contributed by atoms with van der Waals surface area (Å²) < 4.78 is 3.05. The highest BCUT2D eigenvalue weighted by Gasteiger charge is 2.09. The number of nitrogens with one attached hydrogen (secondary N) is 1. The molecule has 0 aliphatic carbocycles. The van der Waals surface area contributed by atoms with Gasteiger partial charge in [-0.05, 0) is 6.07 Å². The first-order valence-electron chi connectivity index (χ1n) is 6.08. The van der Waals surface area contributed by atoms with Gasteiger partial charge in [0.2, 0.25) is 0 Å². The van der Waals surface area contributed by atoms with Crippen LogP contribution < -0.4 is 5.32 Å². The number of hydrogen-bond donors (Lipinski definition) is 1. The number of hydrogen-bond acceptors (Lipinski definition) is 3. The molecule has 0 fully saturated rings. The van der Waals surface area contributed by atoms with E-state index in [0.29, 0.717) is 0 Å². The molecule has 1 aromatic carbocycles. The van der Waals surface area contributed by atoms with Crippen molar-refractivity contribution < 1.29 is 0 Å². The molecule has 3 aromatic rings. The number of aromatic nitrogens is 2. The molecule has 3 nitrogen and oxygen atoms in total. The Kier molecular flexibility index (Phi) is 3.55. The highest BCUT2D eigenvalue weighted by atomic mass is 35.5. The molecule has 0 aliphatic heterocycles. The van der Waals surface area contributed by atoms with Gasteiger partial charge in [0, 0.05) is 46.9 Å². The molecule has 2 aromatic heterocycles. The maximum atomic E-state index is 6.40. The molecule has 1 N–H and O–H groups in total. The maximum absolute atomic E-state index is 6.40. The fourth-order valence-electron chi connectivity index (χ4n) is 2.06. The molecule has 0 unspecified atom stereocenters. The van der Waals surface area contributed by atoms with Crippen LogP contribution in [-0.4, -0.2) is 9.78 Å². The lowest BCUT2D eigenvalue weighted by Gasteiger charge is -2.01. The largest absolute Gasteiger partial charge is 0.308 e. The Bertz CT molecular complexity index is 702. The zero-order valence-electron chi connectivity index (χ0n) is 10.6. The summed E-state index contributed by atoms with van der Waals surface area (Å²) in [6, 6.07) is 8.24. The number of benzene rings is 1. The van der Waals surface area contributed by atoms with Crippen molar-refractivity contribution in [3.63, 3.8) is 0 Å². The molecule has 3 rings (SSSR count). The van der Waals surface area contributed by atoms with E-state index in [1.54, 1.807) is 11.3 Å². The quantitative estimate of drug-likeness (QED) is 0.796. The Morgan fingerprint density at radius 3 is 2.89 bits per heavy atom. The van der Waals surface area contributed by atoms with Gasteiger partial charge in [0.25, 0.3) is 0 Å². The van der Waals surface area contributed by atoms with Crippen LogP contribution in [0.2, 0.25) is 5.02 Å². The molecule has 0 saturated heterocycles. The van der Waals surface area contributed by atoms with Gasteiger partial charge in [-0.25, -0.2) is 0 Å². The molecule has 19 heavy (non-hydrogen) atoms. The molecule has 0 atom stereocenters. The number of aryl methyl sites for hydroxylation is 1. The van der Waals surface area contributed by atoms with E-state index >= 15 is 0 Å². The van der Waals surface area contributed by atoms with Gasteiger partial charge in [0.15, 0.2) is 0 Å². The van der Waals surface area contributed by atoms with Crippen LogP contribution in [0.5, 0.6) is 0 Å². The highest BCUT2D eigenvalue weighted by molar-refractivity contribution is 7.19. The van der Waals surface area contributed by atoms with Crippen LogP contribution >= 0.6 is 22.9 Å². The molecular weight excluding hydrogens is 278 g/mol. The van der Waals surface area contributed by atoms with Crippen LogP contribution in [0.25, 0.3) is 10.1 Å². The van der Waals surface area contributed by atoms with Crippen LogP contribution in [-0.2, 0) is 20.1 Å². The average Bonchev–Trinajstić information content (AvgIpc) is 2.96. The minimum absolute atomic E-state index is 0.785. The van der Waals surface area contributed by atoms with E-state index < -0.39 is 0 Å². The summed E-state index contributed by atoms with van der Waals surface area (Å²) >= 11 is 8.15. The Hall–Kier alpha value is -1.36. The third-order valence-corrected chi connectivity index (χ3v) is 4.69. The van der Waals surface area contributed by atoms with E-state index in [2.05, 4.69) is 22.5 Å². The van der Waals surface area contributed by atoms with Crippen molar-refractivity contribution in [3.8, 4) is 0 Å². The van der Waals surface area contributed by atoms with E-state index in [4.69, 9.17) is 11.6 Å². The van der Waals surface area contributed by atoms with E-state index in [1.807, 2.05) is 36.3 Å². The van der Waals surface area contributed by atoms with Gasteiger partial charge in [-0.15, -0.1) is 11.3 Å². The Labute approximate surface area is 120 Å². The summed E-state index contributed by atoms with van der Waals surface area (Å²) in [7, 11) is 1.92. The van der Waals surface area contributed by atoms with Crippen molar-refractivity contribution in [2.75, 3.05) is 0 Å². The number of thiophene rings is 1. The van der Waals surface area contributed by atoms with E-state index in [1.165, 1.54) is 15.1 Å². The Morgan fingerprint density at radius 1 is 1.32 bits per heavy atom. The highest BCUT2D eigenvalue weighted by Crippen LogP contribution is 2.34. The summed E-state index contributed by atoms with van der Waals surface area (Å²) in [4.78, 5) is 1.19. The third-order valence-electron chi connectivity index (χ3n) is 2.97. The van der Waals surface area contributed by atoms with Crippen molar-refractivity contribution >= 4 is 33.0 Å². The summed E-state index contributed by atoms with van der Waals surface area (Å²) in [5.74, 6) is 0. The predicted octanol–water partition coefficient (Wildman–Crippen LogP) is 3.58. The minimum atomic E-state index is 0.785. The van der Waals surface area contributed by atoms with Crippen molar-refractivity contribution in [1.82, 2.24) is 15.1 Å². The molecular formula is C14H14ClN3S. The topological polar surface area (TPSA) is 29.9 Å². The molecule has 0 bridgehead atoms. The van der Waals surface area contributed by atoms with E-state index in [9.17, 15) is 0 Å². The second kappa shape index (κ2) is 5.33. The molecule has 2 heterocycles. The molecule has 0 saturated carbocycles. The van der Waals surface area contributed by atoms with Gasteiger partial charge in [-0.1, -0.05) is 29.8 Å². The zero-order valence-corrected chi connectivity index (χ0v) is 12.1. The molecule has 98 valence electrons. The second-order valence-corrected chi connectivity index (χ2v) is 5.98. The first kappa shape index (κ1) is 12.7. The van der Waals surface area contributed by atoms with Crippen molar-refractivity contribution in [1.29, 1.82) is 0 Å². The van der Waals surface area contributed by atoms with Gasteiger partial charge in [-0.2, -0.15) is 5.10 Å². The smallest absolute Gasteiger partial charge is 0.0636 e. The lowest BCUT2D eigenvalue weighted by atomic mass is 10.2. The molecule has 5 heteroatoms.